The van der Waals surface area contributed by atoms with E-state index in [0.717, 1.165) is 25.3 Å². The Kier molecular flexibility index (Phi) is 3.10. The average molecular weight is 212 g/mol. The lowest BCUT2D eigenvalue weighted by Crippen LogP contribution is -2.54. The highest BCUT2D eigenvalue weighted by Crippen LogP contribution is 2.13. The molecule has 1 aliphatic heterocycles. The topological polar surface area (TPSA) is 41.0 Å². The maximum Gasteiger partial charge on any atom is 0.0895 e. The van der Waals surface area contributed by atoms with Gasteiger partial charge in [-0.2, -0.15) is 0 Å². The first-order valence-electron chi connectivity index (χ1n) is 5.00. The van der Waals surface area contributed by atoms with Crippen LogP contribution in [0.4, 0.5) is 0 Å². The van der Waals surface area contributed by atoms with E-state index < -0.39 is 0 Å². The summed E-state index contributed by atoms with van der Waals surface area (Å²) in [5.74, 6) is 0. The molecule has 1 fully saturated rings. The molecule has 78 valence electrons. The molecule has 5 heteroatoms. The van der Waals surface area contributed by atoms with Gasteiger partial charge in [0.1, 0.15) is 0 Å². The molecule has 0 saturated carbocycles. The van der Waals surface area contributed by atoms with Crippen molar-refractivity contribution in [3.63, 3.8) is 0 Å². The molecule has 0 amide bonds. The zero-order valence-corrected chi connectivity index (χ0v) is 9.42. The third-order valence-electron chi connectivity index (χ3n) is 2.76. The highest BCUT2D eigenvalue weighted by atomic mass is 32.1. The Morgan fingerprint density at radius 1 is 1.50 bits per heavy atom. The smallest absolute Gasteiger partial charge is 0.0895 e. The first-order chi connectivity index (χ1) is 6.77. The van der Waals surface area contributed by atoms with Crippen molar-refractivity contribution in [3.05, 3.63) is 11.1 Å². The lowest BCUT2D eigenvalue weighted by molar-refractivity contribution is 0.107. The van der Waals surface area contributed by atoms with E-state index in [2.05, 4.69) is 33.7 Å². The molecule has 2 heterocycles. The molecule has 2 atom stereocenters. The highest BCUT2D eigenvalue weighted by molar-refractivity contribution is 7.03. The van der Waals surface area contributed by atoms with Gasteiger partial charge in [-0.3, -0.25) is 4.90 Å². The number of aromatic nitrogens is 2. The predicted octanol–water partition coefficient (Wildman–Crippen LogP) is 0.720. The molecule has 1 aliphatic rings. The van der Waals surface area contributed by atoms with Gasteiger partial charge in [0.15, 0.2) is 0 Å². The summed E-state index contributed by atoms with van der Waals surface area (Å²) >= 11 is 1.43. The zero-order valence-electron chi connectivity index (χ0n) is 8.60. The number of hydrogen-bond acceptors (Lipinski definition) is 5. The van der Waals surface area contributed by atoms with Crippen LogP contribution in [0.15, 0.2) is 5.38 Å². The largest absolute Gasteiger partial charge is 0.314 e. The van der Waals surface area contributed by atoms with Gasteiger partial charge in [-0.1, -0.05) is 4.49 Å². The van der Waals surface area contributed by atoms with Gasteiger partial charge in [0, 0.05) is 37.1 Å². The lowest BCUT2D eigenvalue weighted by atomic mass is 10.1. The van der Waals surface area contributed by atoms with E-state index in [0.29, 0.717) is 12.1 Å². The Morgan fingerprint density at radius 2 is 2.21 bits per heavy atom. The molecule has 0 spiro atoms. The number of rotatable bonds is 2. The van der Waals surface area contributed by atoms with E-state index >= 15 is 0 Å². The zero-order chi connectivity index (χ0) is 9.97. The highest BCUT2D eigenvalue weighted by Gasteiger charge is 2.24. The summed E-state index contributed by atoms with van der Waals surface area (Å²) in [5, 5.41) is 9.53. The standard InChI is InChI=1S/C9H16N4S/c1-7-3-10-4-8(2)13(7)5-9-6-14-12-11-9/h6-8,10H,3-5H2,1-2H3/t7-,8+. The SMILES string of the molecule is C[C@@H]1CNC[C@H](C)N1Cc1csnn1. The van der Waals surface area contributed by atoms with Crippen LogP contribution in [0.1, 0.15) is 19.5 Å². The summed E-state index contributed by atoms with van der Waals surface area (Å²) < 4.78 is 3.89. The molecule has 0 unspecified atom stereocenters. The number of nitrogens with zero attached hydrogens (tertiary/aromatic N) is 3. The van der Waals surface area contributed by atoms with Crippen molar-refractivity contribution in [3.8, 4) is 0 Å². The Balaban J connectivity index is 2.01. The van der Waals surface area contributed by atoms with Gasteiger partial charge < -0.3 is 5.32 Å². The van der Waals surface area contributed by atoms with Crippen molar-refractivity contribution in [2.24, 2.45) is 0 Å². The third kappa shape index (κ3) is 2.10. The molecule has 1 N–H and O–H groups in total. The minimum atomic E-state index is 0.584. The fourth-order valence-corrected chi connectivity index (χ4v) is 2.36. The Morgan fingerprint density at radius 3 is 2.79 bits per heavy atom. The van der Waals surface area contributed by atoms with Crippen LogP contribution in [-0.4, -0.2) is 39.7 Å². The lowest BCUT2D eigenvalue weighted by Gasteiger charge is -2.38. The minimum absolute atomic E-state index is 0.584. The van der Waals surface area contributed by atoms with E-state index in [4.69, 9.17) is 0 Å². The Bertz CT molecular complexity index is 264. The predicted molar refractivity (Wildman–Crippen MR) is 57.2 cm³/mol. The van der Waals surface area contributed by atoms with Crippen LogP contribution in [-0.2, 0) is 6.54 Å². The van der Waals surface area contributed by atoms with Gasteiger partial charge in [0.2, 0.25) is 0 Å². The molecule has 0 aliphatic carbocycles. The second kappa shape index (κ2) is 4.33. The molecule has 0 radical (unpaired) electrons. The van der Waals surface area contributed by atoms with Crippen LogP contribution in [0.3, 0.4) is 0 Å². The molecular weight excluding hydrogens is 196 g/mol. The molecule has 0 aromatic carbocycles. The number of nitrogens with one attached hydrogen (secondary N) is 1. The van der Waals surface area contributed by atoms with E-state index in [1.54, 1.807) is 0 Å². The Labute approximate surface area is 88.5 Å². The van der Waals surface area contributed by atoms with Gasteiger partial charge in [-0.15, -0.1) is 5.10 Å². The molecule has 2 rings (SSSR count). The van der Waals surface area contributed by atoms with Gasteiger partial charge >= 0.3 is 0 Å². The minimum Gasteiger partial charge on any atom is -0.314 e. The molecule has 0 bridgehead atoms. The van der Waals surface area contributed by atoms with Crippen LogP contribution >= 0.6 is 11.5 Å². The molecule has 4 nitrogen and oxygen atoms in total. The number of hydrogen-bond donors (Lipinski definition) is 1. The van der Waals surface area contributed by atoms with Crippen molar-refractivity contribution in [1.82, 2.24) is 19.8 Å². The normalized spacial score (nSPS) is 29.3. The van der Waals surface area contributed by atoms with Gasteiger partial charge in [-0.25, -0.2) is 0 Å². The van der Waals surface area contributed by atoms with Crippen molar-refractivity contribution < 1.29 is 0 Å². The van der Waals surface area contributed by atoms with E-state index in [9.17, 15) is 0 Å². The van der Waals surface area contributed by atoms with Crippen LogP contribution in [0.5, 0.6) is 0 Å². The van der Waals surface area contributed by atoms with Crippen molar-refractivity contribution >= 4 is 11.5 Å². The first-order valence-corrected chi connectivity index (χ1v) is 5.83. The summed E-state index contributed by atoms with van der Waals surface area (Å²) in [6, 6.07) is 1.17. The monoisotopic (exact) mass is 212 g/mol. The molecular formula is C9H16N4S. The van der Waals surface area contributed by atoms with E-state index in [1.165, 1.54) is 11.5 Å². The molecule has 1 saturated heterocycles. The first kappa shape index (κ1) is 10.0. The summed E-state index contributed by atoms with van der Waals surface area (Å²) in [4.78, 5) is 2.48. The third-order valence-corrected chi connectivity index (χ3v) is 3.31. The van der Waals surface area contributed by atoms with Gasteiger partial charge in [0.05, 0.1) is 5.69 Å². The maximum atomic E-state index is 4.09. The van der Waals surface area contributed by atoms with Crippen molar-refractivity contribution in [2.75, 3.05) is 13.1 Å². The van der Waals surface area contributed by atoms with Crippen LogP contribution < -0.4 is 5.32 Å². The maximum absolute atomic E-state index is 4.09. The molecule has 1 aromatic rings. The fourth-order valence-electron chi connectivity index (χ4n) is 1.92. The summed E-state index contributed by atoms with van der Waals surface area (Å²) in [7, 11) is 0. The van der Waals surface area contributed by atoms with Crippen LogP contribution in [0.25, 0.3) is 0 Å². The summed E-state index contributed by atoms with van der Waals surface area (Å²) in [5.41, 5.74) is 1.09. The van der Waals surface area contributed by atoms with E-state index in [-0.39, 0.29) is 0 Å². The van der Waals surface area contributed by atoms with Crippen molar-refractivity contribution in [2.45, 2.75) is 32.5 Å². The quantitative estimate of drug-likeness (QED) is 0.784. The fraction of sp³-hybridized carbons (Fsp3) is 0.778. The molecule has 14 heavy (non-hydrogen) atoms. The van der Waals surface area contributed by atoms with Gasteiger partial charge in [-0.05, 0) is 25.4 Å². The summed E-state index contributed by atoms with van der Waals surface area (Å²) in [6.07, 6.45) is 0. The second-order valence-corrected chi connectivity index (χ2v) is 4.53. The summed E-state index contributed by atoms with van der Waals surface area (Å²) in [6.45, 7) is 7.58. The van der Waals surface area contributed by atoms with Crippen molar-refractivity contribution in [1.29, 1.82) is 0 Å². The second-order valence-electron chi connectivity index (χ2n) is 3.92. The number of piperazine rings is 1. The van der Waals surface area contributed by atoms with Crippen LogP contribution in [0.2, 0.25) is 0 Å². The Hall–Kier alpha value is -0.520. The average Bonchev–Trinajstić information content (AvgIpc) is 2.64. The van der Waals surface area contributed by atoms with Crippen LogP contribution in [0, 0.1) is 0 Å². The van der Waals surface area contributed by atoms with Gasteiger partial charge in [0.25, 0.3) is 0 Å². The molecule has 1 aromatic heterocycles. The van der Waals surface area contributed by atoms with E-state index in [1.807, 2.05) is 5.38 Å².